The van der Waals surface area contributed by atoms with Crippen LogP contribution in [0.25, 0.3) is 22.5 Å². The lowest BCUT2D eigenvalue weighted by Gasteiger charge is -2.17. The number of fused-ring (bicyclic) bond motifs is 1. The van der Waals surface area contributed by atoms with Crippen LogP contribution in [0.2, 0.25) is 0 Å². The van der Waals surface area contributed by atoms with Crippen LogP contribution in [0.4, 0.5) is 5.69 Å². The highest BCUT2D eigenvalue weighted by molar-refractivity contribution is 9.10. The van der Waals surface area contributed by atoms with Crippen LogP contribution in [0.15, 0.2) is 88.5 Å². The quantitative estimate of drug-likeness (QED) is 0.330. The molecule has 0 saturated heterocycles. The van der Waals surface area contributed by atoms with Gasteiger partial charge in [0.15, 0.2) is 0 Å². The number of nitrogens with zero attached hydrogens (tertiary/aromatic N) is 4. The monoisotopic (exact) mass is 502 g/mol. The summed E-state index contributed by atoms with van der Waals surface area (Å²) in [5, 5.41) is 9.30. The summed E-state index contributed by atoms with van der Waals surface area (Å²) in [6.07, 6.45) is 0.868. The van der Waals surface area contributed by atoms with Crippen LogP contribution in [-0.4, -0.2) is 33.4 Å². The van der Waals surface area contributed by atoms with E-state index in [4.69, 9.17) is 4.98 Å². The molecule has 32 heavy (non-hydrogen) atoms. The zero-order chi connectivity index (χ0) is 21.9. The largest absolute Gasteiger partial charge is 0.311 e. The van der Waals surface area contributed by atoms with Gasteiger partial charge in [0.25, 0.3) is 0 Å². The van der Waals surface area contributed by atoms with E-state index in [1.807, 2.05) is 77.7 Å². The zero-order valence-corrected chi connectivity index (χ0v) is 19.5. The topological polar surface area (TPSA) is 59.0 Å². The molecule has 1 aliphatic rings. The van der Waals surface area contributed by atoms with Crippen LogP contribution in [0.3, 0.4) is 0 Å². The minimum absolute atomic E-state index is 0.0491. The number of hydrogen-bond acceptors (Lipinski definition) is 5. The van der Waals surface area contributed by atoms with E-state index in [0.717, 1.165) is 39.1 Å². The molecule has 0 unspecified atom stereocenters. The van der Waals surface area contributed by atoms with Gasteiger partial charge in [0, 0.05) is 27.8 Å². The molecule has 5 rings (SSSR count). The molecule has 7 heteroatoms. The fraction of sp³-hybridized carbons (Fsp3) is 0.120. The lowest BCUT2D eigenvalue weighted by atomic mass is 10.0. The third kappa shape index (κ3) is 4.31. The molecule has 0 bridgehead atoms. The van der Waals surface area contributed by atoms with Crippen molar-refractivity contribution in [1.29, 1.82) is 0 Å². The number of hydrogen-bond donors (Lipinski definition) is 0. The van der Waals surface area contributed by atoms with E-state index in [0.29, 0.717) is 11.7 Å². The standard InChI is InChI=1S/C25H19BrN4OS/c26-20-11-12-21-19(15-20)13-14-30(21)22(31)16-32-25-27-23(17-7-3-1-4-8-17)24(28-29-25)18-9-5-2-6-10-18/h1-12,15H,13-14,16H2. The van der Waals surface area contributed by atoms with E-state index < -0.39 is 0 Å². The second kappa shape index (κ2) is 9.22. The van der Waals surface area contributed by atoms with Gasteiger partial charge in [-0.25, -0.2) is 4.98 Å². The van der Waals surface area contributed by atoms with Crippen LogP contribution in [0.1, 0.15) is 5.56 Å². The van der Waals surface area contributed by atoms with Gasteiger partial charge in [-0.2, -0.15) is 0 Å². The van der Waals surface area contributed by atoms with E-state index in [9.17, 15) is 4.79 Å². The van der Waals surface area contributed by atoms with Crippen molar-refractivity contribution in [3.05, 3.63) is 88.9 Å². The van der Waals surface area contributed by atoms with Crippen molar-refractivity contribution in [3.8, 4) is 22.5 Å². The van der Waals surface area contributed by atoms with Gasteiger partial charge in [0.1, 0.15) is 11.4 Å². The molecule has 0 N–H and O–H groups in total. The molecule has 1 aliphatic heterocycles. The van der Waals surface area contributed by atoms with Crippen molar-refractivity contribution in [2.75, 3.05) is 17.2 Å². The maximum Gasteiger partial charge on any atom is 0.237 e. The van der Waals surface area contributed by atoms with Crippen molar-refractivity contribution in [2.24, 2.45) is 0 Å². The molecule has 1 aromatic heterocycles. The fourth-order valence-electron chi connectivity index (χ4n) is 3.79. The highest BCUT2D eigenvalue weighted by atomic mass is 79.9. The summed E-state index contributed by atoms with van der Waals surface area (Å²) in [4.78, 5) is 19.6. The van der Waals surface area contributed by atoms with Crippen molar-refractivity contribution in [1.82, 2.24) is 15.2 Å². The Kier molecular flexibility index (Phi) is 6.01. The van der Waals surface area contributed by atoms with Gasteiger partial charge in [-0.1, -0.05) is 88.4 Å². The maximum atomic E-state index is 12.9. The summed E-state index contributed by atoms with van der Waals surface area (Å²) in [6.45, 7) is 0.701. The number of carbonyl (C=O) groups excluding carboxylic acids is 1. The second-order valence-electron chi connectivity index (χ2n) is 7.38. The highest BCUT2D eigenvalue weighted by Crippen LogP contribution is 2.32. The van der Waals surface area contributed by atoms with Gasteiger partial charge in [-0.3, -0.25) is 4.79 Å². The lowest BCUT2D eigenvalue weighted by Crippen LogP contribution is -2.30. The molecular weight excluding hydrogens is 484 g/mol. The average Bonchev–Trinajstić information content (AvgIpc) is 3.26. The Morgan fingerprint density at radius 3 is 2.31 bits per heavy atom. The summed E-state index contributed by atoms with van der Waals surface area (Å²) >= 11 is 4.82. The normalized spacial score (nSPS) is 12.6. The van der Waals surface area contributed by atoms with Crippen molar-refractivity contribution >= 4 is 39.3 Å². The molecule has 3 aromatic carbocycles. The van der Waals surface area contributed by atoms with Gasteiger partial charge in [-0.15, -0.1) is 10.2 Å². The number of halogens is 1. The molecule has 0 fully saturated rings. The van der Waals surface area contributed by atoms with Crippen molar-refractivity contribution in [3.63, 3.8) is 0 Å². The number of benzene rings is 3. The SMILES string of the molecule is O=C(CSc1nnc(-c2ccccc2)c(-c2ccccc2)n1)N1CCc2cc(Br)ccc21. The third-order valence-corrected chi connectivity index (χ3v) is 6.64. The first-order valence-electron chi connectivity index (χ1n) is 10.3. The Hall–Kier alpha value is -3.03. The number of anilines is 1. The molecule has 158 valence electrons. The molecule has 0 aliphatic carbocycles. The lowest BCUT2D eigenvalue weighted by molar-refractivity contribution is -0.116. The number of thioether (sulfide) groups is 1. The minimum atomic E-state index is 0.0491. The first-order valence-corrected chi connectivity index (χ1v) is 12.0. The van der Waals surface area contributed by atoms with Gasteiger partial charge in [0.2, 0.25) is 11.1 Å². The Bertz CT molecular complexity index is 1270. The van der Waals surface area contributed by atoms with Crippen molar-refractivity contribution in [2.45, 2.75) is 11.6 Å². The Balaban J connectivity index is 1.39. The Labute approximate surface area is 199 Å². The van der Waals surface area contributed by atoms with E-state index in [1.54, 1.807) is 0 Å². The summed E-state index contributed by atoms with van der Waals surface area (Å²) in [6, 6.07) is 25.9. The number of amides is 1. The van der Waals surface area contributed by atoms with E-state index in [-0.39, 0.29) is 11.7 Å². The van der Waals surface area contributed by atoms with Crippen LogP contribution in [0.5, 0.6) is 0 Å². The molecule has 5 nitrogen and oxygen atoms in total. The summed E-state index contributed by atoms with van der Waals surface area (Å²) < 4.78 is 1.03. The smallest absolute Gasteiger partial charge is 0.237 e. The molecule has 2 heterocycles. The summed E-state index contributed by atoms with van der Waals surface area (Å²) in [7, 11) is 0. The first kappa shape index (κ1) is 20.8. The molecule has 1 amide bonds. The second-order valence-corrected chi connectivity index (χ2v) is 9.24. The first-order chi connectivity index (χ1) is 15.7. The van der Waals surface area contributed by atoms with Crippen molar-refractivity contribution < 1.29 is 4.79 Å². The Morgan fingerprint density at radius 1 is 0.906 bits per heavy atom. The molecule has 0 radical (unpaired) electrons. The molecule has 0 saturated carbocycles. The number of aromatic nitrogens is 3. The minimum Gasteiger partial charge on any atom is -0.311 e. The predicted molar refractivity (Wildman–Crippen MR) is 132 cm³/mol. The predicted octanol–water partition coefficient (Wildman–Crippen LogP) is 5.65. The van der Waals surface area contributed by atoms with Gasteiger partial charge in [0.05, 0.1) is 5.75 Å². The fourth-order valence-corrected chi connectivity index (χ4v) is 4.86. The third-order valence-electron chi connectivity index (χ3n) is 5.32. The van der Waals surface area contributed by atoms with Gasteiger partial charge >= 0.3 is 0 Å². The molecular formula is C25H19BrN4OS. The summed E-state index contributed by atoms with van der Waals surface area (Å²) in [5.74, 6) is 0.309. The van der Waals surface area contributed by atoms with Gasteiger partial charge < -0.3 is 4.90 Å². The van der Waals surface area contributed by atoms with E-state index in [2.05, 4.69) is 32.2 Å². The highest BCUT2D eigenvalue weighted by Gasteiger charge is 2.25. The summed E-state index contributed by atoms with van der Waals surface area (Å²) in [5.41, 5.74) is 5.59. The van der Waals surface area contributed by atoms with Crippen LogP contribution >= 0.6 is 27.7 Å². The number of rotatable bonds is 5. The van der Waals surface area contributed by atoms with E-state index in [1.165, 1.54) is 17.3 Å². The average molecular weight is 503 g/mol. The molecule has 0 spiro atoms. The van der Waals surface area contributed by atoms with Crippen LogP contribution in [0, 0.1) is 0 Å². The zero-order valence-electron chi connectivity index (χ0n) is 17.1. The molecule has 4 aromatic rings. The van der Waals surface area contributed by atoms with Crippen LogP contribution < -0.4 is 4.90 Å². The maximum absolute atomic E-state index is 12.9. The van der Waals surface area contributed by atoms with Crippen LogP contribution in [-0.2, 0) is 11.2 Å². The van der Waals surface area contributed by atoms with E-state index >= 15 is 0 Å². The number of carbonyl (C=O) groups is 1. The molecule has 0 atom stereocenters. The van der Waals surface area contributed by atoms with Gasteiger partial charge in [-0.05, 0) is 30.2 Å². The Morgan fingerprint density at radius 2 is 1.59 bits per heavy atom.